The number of benzene rings is 2. The smallest absolute Gasteiger partial charge is 0.425 e. The van der Waals surface area contributed by atoms with Gasteiger partial charge in [0.05, 0.1) is 5.54 Å². The third kappa shape index (κ3) is 6.23. The van der Waals surface area contributed by atoms with Crippen molar-refractivity contribution in [2.24, 2.45) is 0 Å². The number of nitrogens with one attached hydrogen (secondary N) is 1. The predicted molar refractivity (Wildman–Crippen MR) is 140 cm³/mol. The second-order valence-electron chi connectivity index (χ2n) is 11.3. The summed E-state index contributed by atoms with van der Waals surface area (Å²) in [7, 11) is 3.59. The largest absolute Gasteiger partial charge is 0.443 e. The molecular formula is C29H41N3O3. The van der Waals surface area contributed by atoms with Crippen molar-refractivity contribution in [2.75, 3.05) is 14.1 Å². The fraction of sp³-hybridized carbons (Fsp3) is 0.517. The minimum atomic E-state index is -1.05. The monoisotopic (exact) mass is 479 g/mol. The number of carbonyl (C=O) groups excluding carboxylic acids is 2. The molecule has 0 bridgehead atoms. The van der Waals surface area contributed by atoms with Crippen LogP contribution in [0.25, 0.3) is 0 Å². The van der Waals surface area contributed by atoms with Crippen LogP contribution in [0.2, 0.25) is 0 Å². The van der Waals surface area contributed by atoms with Gasteiger partial charge in [0, 0.05) is 14.1 Å². The van der Waals surface area contributed by atoms with Gasteiger partial charge in [0.2, 0.25) is 5.91 Å². The molecule has 190 valence electrons. The van der Waals surface area contributed by atoms with Crippen LogP contribution in [-0.4, -0.2) is 47.3 Å². The summed E-state index contributed by atoms with van der Waals surface area (Å²) in [5.41, 5.74) is -0.0421. The van der Waals surface area contributed by atoms with Crippen LogP contribution in [-0.2, 0) is 15.1 Å². The average molecular weight is 480 g/mol. The number of ether oxygens (including phenoxy) is 1. The Kier molecular flexibility index (Phi) is 7.95. The summed E-state index contributed by atoms with van der Waals surface area (Å²) in [5, 5.41) is 6.51. The van der Waals surface area contributed by atoms with Crippen LogP contribution >= 0.6 is 0 Å². The van der Waals surface area contributed by atoms with Crippen LogP contribution in [0.4, 0.5) is 4.79 Å². The van der Waals surface area contributed by atoms with E-state index in [1.54, 1.807) is 19.1 Å². The highest BCUT2D eigenvalue weighted by atomic mass is 16.6. The first kappa shape index (κ1) is 26.7. The third-order valence-electron chi connectivity index (χ3n) is 6.80. The van der Waals surface area contributed by atoms with E-state index in [1.807, 2.05) is 71.0 Å². The van der Waals surface area contributed by atoms with E-state index in [0.29, 0.717) is 18.8 Å². The highest BCUT2D eigenvalue weighted by Crippen LogP contribution is 2.43. The number of amides is 2. The molecule has 0 atom stereocenters. The van der Waals surface area contributed by atoms with E-state index < -0.39 is 22.8 Å². The molecule has 2 aromatic carbocycles. The fourth-order valence-corrected chi connectivity index (χ4v) is 5.04. The summed E-state index contributed by atoms with van der Waals surface area (Å²) >= 11 is 0. The van der Waals surface area contributed by atoms with Crippen molar-refractivity contribution < 1.29 is 14.3 Å². The molecule has 1 aliphatic carbocycles. The SMILES string of the molecule is CN(C)N(C(=O)OC(C)(C)C)C1(C(=O)NC(C)(C)c2ccccc2)CCC(c2ccccc2)CC1. The number of rotatable bonds is 6. The summed E-state index contributed by atoms with van der Waals surface area (Å²) < 4.78 is 5.78. The quantitative estimate of drug-likeness (QED) is 0.528. The lowest BCUT2D eigenvalue weighted by molar-refractivity contribution is -0.152. The summed E-state index contributed by atoms with van der Waals surface area (Å²) in [6, 6.07) is 20.3. The van der Waals surface area contributed by atoms with Gasteiger partial charge in [-0.2, -0.15) is 0 Å². The molecule has 35 heavy (non-hydrogen) atoms. The summed E-state index contributed by atoms with van der Waals surface area (Å²) in [4.78, 5) is 27.7. The van der Waals surface area contributed by atoms with E-state index in [1.165, 1.54) is 10.6 Å². The lowest BCUT2D eigenvalue weighted by Gasteiger charge is -2.49. The van der Waals surface area contributed by atoms with Gasteiger partial charge in [0.1, 0.15) is 11.1 Å². The Bertz CT molecular complexity index is 989. The molecule has 2 amide bonds. The van der Waals surface area contributed by atoms with Crippen LogP contribution in [0.5, 0.6) is 0 Å². The summed E-state index contributed by atoms with van der Waals surface area (Å²) in [5.74, 6) is 0.194. The number of nitrogens with zero attached hydrogens (tertiary/aromatic N) is 2. The van der Waals surface area contributed by atoms with Crippen molar-refractivity contribution in [1.82, 2.24) is 15.3 Å². The zero-order valence-corrected chi connectivity index (χ0v) is 22.3. The lowest BCUT2D eigenvalue weighted by atomic mass is 9.72. The van der Waals surface area contributed by atoms with E-state index in [-0.39, 0.29) is 5.91 Å². The second kappa shape index (κ2) is 10.4. The maximum absolute atomic E-state index is 14.2. The average Bonchev–Trinajstić information content (AvgIpc) is 2.79. The molecule has 3 rings (SSSR count). The van der Waals surface area contributed by atoms with E-state index >= 15 is 0 Å². The van der Waals surface area contributed by atoms with Gasteiger partial charge in [-0.1, -0.05) is 60.7 Å². The molecule has 6 heteroatoms. The Hall–Kier alpha value is -2.86. The van der Waals surface area contributed by atoms with Crippen molar-refractivity contribution in [3.63, 3.8) is 0 Å². The van der Waals surface area contributed by atoms with Crippen LogP contribution in [0.3, 0.4) is 0 Å². The molecule has 0 radical (unpaired) electrons. The van der Waals surface area contributed by atoms with Gasteiger partial charge in [-0.25, -0.2) is 14.8 Å². The van der Waals surface area contributed by atoms with Crippen LogP contribution in [0.15, 0.2) is 60.7 Å². The van der Waals surface area contributed by atoms with E-state index in [9.17, 15) is 9.59 Å². The van der Waals surface area contributed by atoms with Gasteiger partial charge in [-0.3, -0.25) is 4.79 Å². The third-order valence-corrected chi connectivity index (χ3v) is 6.80. The number of carbonyl (C=O) groups is 2. The van der Waals surface area contributed by atoms with Crippen LogP contribution in [0.1, 0.15) is 77.3 Å². The van der Waals surface area contributed by atoms with Crippen molar-refractivity contribution in [1.29, 1.82) is 0 Å². The first-order valence-electron chi connectivity index (χ1n) is 12.5. The Labute approximate surface area is 210 Å². The minimum Gasteiger partial charge on any atom is -0.443 e. The second-order valence-corrected chi connectivity index (χ2v) is 11.3. The molecule has 0 aromatic heterocycles. The van der Waals surface area contributed by atoms with Gasteiger partial charge in [-0.15, -0.1) is 0 Å². The van der Waals surface area contributed by atoms with Crippen molar-refractivity contribution in [2.45, 2.75) is 82.9 Å². The Morgan fingerprint density at radius 2 is 1.40 bits per heavy atom. The predicted octanol–water partition coefficient (Wildman–Crippen LogP) is 5.85. The first-order valence-corrected chi connectivity index (χ1v) is 12.5. The Morgan fingerprint density at radius 3 is 1.89 bits per heavy atom. The number of hydrogen-bond acceptors (Lipinski definition) is 4. The molecule has 0 unspecified atom stereocenters. The highest BCUT2D eigenvalue weighted by molar-refractivity contribution is 5.90. The van der Waals surface area contributed by atoms with E-state index in [4.69, 9.17) is 4.74 Å². The highest BCUT2D eigenvalue weighted by Gasteiger charge is 2.52. The molecule has 1 fully saturated rings. The molecule has 1 aliphatic rings. The topological polar surface area (TPSA) is 61.9 Å². The first-order chi connectivity index (χ1) is 16.4. The number of hydrogen-bond donors (Lipinski definition) is 1. The van der Waals surface area contributed by atoms with Crippen LogP contribution < -0.4 is 5.32 Å². The molecule has 0 saturated heterocycles. The van der Waals surface area contributed by atoms with Gasteiger partial charge in [-0.05, 0) is 77.3 Å². The molecule has 6 nitrogen and oxygen atoms in total. The molecule has 1 N–H and O–H groups in total. The molecule has 0 heterocycles. The van der Waals surface area contributed by atoms with E-state index in [0.717, 1.165) is 18.4 Å². The summed E-state index contributed by atoms with van der Waals surface area (Å²) in [6.07, 6.45) is 2.18. The van der Waals surface area contributed by atoms with Gasteiger partial charge in [0.15, 0.2) is 0 Å². The van der Waals surface area contributed by atoms with Crippen LogP contribution in [0, 0.1) is 0 Å². The molecule has 1 saturated carbocycles. The maximum Gasteiger partial charge on any atom is 0.425 e. The Balaban J connectivity index is 1.96. The normalized spacial score (nSPS) is 20.9. The van der Waals surface area contributed by atoms with Gasteiger partial charge < -0.3 is 10.1 Å². The maximum atomic E-state index is 14.2. The standard InChI is InChI=1S/C29H41N3O3/c1-27(2,3)35-26(34)32(31(6)7)29(20-18-23(19-21-29)22-14-10-8-11-15-22)25(33)30-28(4,5)24-16-12-9-13-17-24/h8-17,23H,18-21H2,1-7H3,(H,30,33). The zero-order chi connectivity index (χ0) is 25.9. The Morgan fingerprint density at radius 1 is 0.886 bits per heavy atom. The van der Waals surface area contributed by atoms with Crippen molar-refractivity contribution in [3.8, 4) is 0 Å². The van der Waals surface area contributed by atoms with Crippen molar-refractivity contribution in [3.05, 3.63) is 71.8 Å². The number of hydrazine groups is 1. The fourth-order valence-electron chi connectivity index (χ4n) is 5.04. The summed E-state index contributed by atoms with van der Waals surface area (Å²) in [6.45, 7) is 9.52. The lowest BCUT2D eigenvalue weighted by Crippen LogP contribution is -2.67. The molecular weight excluding hydrogens is 438 g/mol. The molecule has 0 aliphatic heterocycles. The van der Waals surface area contributed by atoms with Crippen molar-refractivity contribution >= 4 is 12.0 Å². The van der Waals surface area contributed by atoms with Gasteiger partial charge >= 0.3 is 6.09 Å². The molecule has 2 aromatic rings. The molecule has 0 spiro atoms. The van der Waals surface area contributed by atoms with Gasteiger partial charge in [0.25, 0.3) is 0 Å². The van der Waals surface area contributed by atoms with E-state index in [2.05, 4.69) is 29.6 Å². The zero-order valence-electron chi connectivity index (χ0n) is 22.3. The minimum absolute atomic E-state index is 0.155.